The van der Waals surface area contributed by atoms with Gasteiger partial charge >= 0.3 is 0 Å². The first-order chi connectivity index (χ1) is 10.3. The molecule has 0 saturated carbocycles. The third-order valence-electron chi connectivity index (χ3n) is 3.10. The van der Waals surface area contributed by atoms with Crippen molar-refractivity contribution < 1.29 is 13.2 Å². The molecule has 0 radical (unpaired) electrons. The third kappa shape index (κ3) is 3.90. The van der Waals surface area contributed by atoms with E-state index in [9.17, 15) is 13.2 Å². The van der Waals surface area contributed by atoms with Crippen LogP contribution in [0.15, 0.2) is 47.4 Å². The largest absolute Gasteiger partial charge is 0.293 e. The normalized spacial score (nSPS) is 11.2. The standard InChI is InChI=1S/C16H17NO3S2/c1-11-7-12(2)9-14(8-11)17-22(19,20)15-5-3-13(4-6-15)16(18)10-21/h3-9,17,21H,10H2,1-2H3. The first kappa shape index (κ1) is 16.6. The molecule has 2 aromatic carbocycles. The van der Waals surface area contributed by atoms with Gasteiger partial charge in [0.15, 0.2) is 5.78 Å². The van der Waals surface area contributed by atoms with E-state index in [0.29, 0.717) is 11.3 Å². The van der Waals surface area contributed by atoms with Gasteiger partial charge in [0.25, 0.3) is 10.0 Å². The van der Waals surface area contributed by atoms with Crippen LogP contribution >= 0.6 is 12.6 Å². The van der Waals surface area contributed by atoms with Crippen LogP contribution in [0.1, 0.15) is 21.5 Å². The maximum absolute atomic E-state index is 12.4. The molecule has 0 spiro atoms. The first-order valence-corrected chi connectivity index (χ1v) is 8.78. The lowest BCUT2D eigenvalue weighted by Gasteiger charge is -2.10. The van der Waals surface area contributed by atoms with E-state index in [2.05, 4.69) is 17.4 Å². The molecule has 4 nitrogen and oxygen atoms in total. The molecule has 0 aliphatic carbocycles. The number of Topliss-reactive ketones (excluding diaryl/α,β-unsaturated/α-hetero) is 1. The summed E-state index contributed by atoms with van der Waals surface area (Å²) < 4.78 is 27.3. The van der Waals surface area contributed by atoms with Gasteiger partial charge in [0.1, 0.15) is 0 Å². The van der Waals surface area contributed by atoms with Gasteiger partial charge in [0.05, 0.1) is 10.6 Å². The predicted octanol–water partition coefficient (Wildman–Crippen LogP) is 3.22. The molecule has 0 aromatic heterocycles. The zero-order valence-electron chi connectivity index (χ0n) is 12.3. The van der Waals surface area contributed by atoms with Crippen LogP contribution in [0.25, 0.3) is 0 Å². The summed E-state index contributed by atoms with van der Waals surface area (Å²) in [6.45, 7) is 3.81. The molecule has 0 amide bonds. The fraction of sp³-hybridized carbons (Fsp3) is 0.188. The van der Waals surface area contributed by atoms with Gasteiger partial charge in [-0.15, -0.1) is 0 Å². The molecule has 0 bridgehead atoms. The van der Waals surface area contributed by atoms with Crippen molar-refractivity contribution in [3.05, 3.63) is 59.2 Å². The van der Waals surface area contributed by atoms with Gasteiger partial charge in [-0.2, -0.15) is 12.6 Å². The second-order valence-electron chi connectivity index (χ2n) is 5.09. The summed E-state index contributed by atoms with van der Waals surface area (Å²) in [5, 5.41) is 0. The molecule has 0 atom stereocenters. The average Bonchev–Trinajstić information content (AvgIpc) is 2.45. The summed E-state index contributed by atoms with van der Waals surface area (Å²) >= 11 is 3.91. The number of sulfonamides is 1. The van der Waals surface area contributed by atoms with Gasteiger partial charge in [0.2, 0.25) is 0 Å². The van der Waals surface area contributed by atoms with E-state index in [0.717, 1.165) is 11.1 Å². The first-order valence-electron chi connectivity index (χ1n) is 6.67. The van der Waals surface area contributed by atoms with Crippen molar-refractivity contribution in [2.24, 2.45) is 0 Å². The zero-order chi connectivity index (χ0) is 16.3. The average molecular weight is 335 g/mol. The van der Waals surface area contributed by atoms with Crippen LogP contribution in [0.5, 0.6) is 0 Å². The molecule has 0 fully saturated rings. The van der Waals surface area contributed by atoms with Crippen molar-refractivity contribution >= 4 is 34.1 Å². The lowest BCUT2D eigenvalue weighted by atomic mass is 10.1. The summed E-state index contributed by atoms with van der Waals surface area (Å²) in [7, 11) is -3.68. The number of benzene rings is 2. The number of rotatable bonds is 5. The number of carbonyl (C=O) groups is 1. The fourth-order valence-electron chi connectivity index (χ4n) is 2.16. The predicted molar refractivity (Wildman–Crippen MR) is 91.4 cm³/mol. The smallest absolute Gasteiger partial charge is 0.261 e. The Bertz CT molecular complexity index is 776. The molecular formula is C16H17NO3S2. The highest BCUT2D eigenvalue weighted by Gasteiger charge is 2.15. The van der Waals surface area contributed by atoms with E-state index in [1.165, 1.54) is 24.3 Å². The quantitative estimate of drug-likeness (QED) is 0.651. The van der Waals surface area contributed by atoms with Gasteiger partial charge in [-0.3, -0.25) is 9.52 Å². The number of nitrogens with one attached hydrogen (secondary N) is 1. The van der Waals surface area contributed by atoms with E-state index < -0.39 is 10.0 Å². The van der Waals surface area contributed by atoms with Gasteiger partial charge in [0, 0.05) is 11.3 Å². The Kier molecular flexibility index (Phi) is 4.93. The maximum Gasteiger partial charge on any atom is 0.261 e. The van der Waals surface area contributed by atoms with Crippen molar-refractivity contribution in [1.29, 1.82) is 0 Å². The number of thiol groups is 1. The summed E-state index contributed by atoms with van der Waals surface area (Å²) in [4.78, 5) is 11.6. The van der Waals surface area contributed by atoms with Crippen LogP contribution in [0, 0.1) is 13.8 Å². The highest BCUT2D eigenvalue weighted by molar-refractivity contribution is 7.92. The number of anilines is 1. The van der Waals surface area contributed by atoms with E-state index >= 15 is 0 Å². The second kappa shape index (κ2) is 6.54. The Hall–Kier alpha value is -1.79. The monoisotopic (exact) mass is 335 g/mol. The molecule has 22 heavy (non-hydrogen) atoms. The molecule has 6 heteroatoms. The molecule has 116 valence electrons. The third-order valence-corrected chi connectivity index (χ3v) is 4.79. The van der Waals surface area contributed by atoms with Crippen LogP contribution in [-0.2, 0) is 10.0 Å². The van der Waals surface area contributed by atoms with Gasteiger partial charge in [-0.05, 0) is 49.2 Å². The van der Waals surface area contributed by atoms with Crippen LogP contribution in [0.2, 0.25) is 0 Å². The van der Waals surface area contributed by atoms with Gasteiger partial charge in [-0.25, -0.2) is 8.42 Å². The summed E-state index contributed by atoms with van der Waals surface area (Å²) in [5.41, 5.74) is 2.92. The summed E-state index contributed by atoms with van der Waals surface area (Å²) in [5.74, 6) is -0.0537. The van der Waals surface area contributed by atoms with Crippen molar-refractivity contribution in [3.8, 4) is 0 Å². The molecular weight excluding hydrogens is 318 g/mol. The maximum atomic E-state index is 12.4. The highest BCUT2D eigenvalue weighted by Crippen LogP contribution is 2.19. The Morgan fingerprint density at radius 1 is 1.05 bits per heavy atom. The van der Waals surface area contributed by atoms with Crippen molar-refractivity contribution in [1.82, 2.24) is 0 Å². The zero-order valence-corrected chi connectivity index (χ0v) is 14.0. The topological polar surface area (TPSA) is 63.2 Å². The number of hydrogen-bond acceptors (Lipinski definition) is 4. The Labute approximate surface area is 136 Å². The minimum absolute atomic E-state index is 0.0902. The Morgan fingerprint density at radius 2 is 1.59 bits per heavy atom. The van der Waals surface area contributed by atoms with Crippen molar-refractivity contribution in [3.63, 3.8) is 0 Å². The fourth-order valence-corrected chi connectivity index (χ4v) is 3.38. The minimum atomic E-state index is -3.68. The molecule has 0 aliphatic rings. The van der Waals surface area contributed by atoms with E-state index in [-0.39, 0.29) is 16.4 Å². The summed E-state index contributed by atoms with van der Waals surface area (Å²) in [6.07, 6.45) is 0. The Balaban J connectivity index is 2.28. The molecule has 0 saturated heterocycles. The molecule has 2 rings (SSSR count). The highest BCUT2D eigenvalue weighted by atomic mass is 32.2. The van der Waals surface area contributed by atoms with Crippen LogP contribution in [0.3, 0.4) is 0 Å². The number of hydrogen-bond donors (Lipinski definition) is 2. The van der Waals surface area contributed by atoms with Crippen LogP contribution in [0.4, 0.5) is 5.69 Å². The molecule has 0 heterocycles. The van der Waals surface area contributed by atoms with Gasteiger partial charge in [-0.1, -0.05) is 18.2 Å². The van der Waals surface area contributed by atoms with E-state index in [4.69, 9.17) is 0 Å². The van der Waals surface area contributed by atoms with Crippen molar-refractivity contribution in [2.75, 3.05) is 10.5 Å². The second-order valence-corrected chi connectivity index (χ2v) is 7.09. The van der Waals surface area contributed by atoms with Crippen LogP contribution < -0.4 is 4.72 Å². The molecule has 0 unspecified atom stereocenters. The van der Waals surface area contributed by atoms with E-state index in [1.54, 1.807) is 12.1 Å². The molecule has 1 N–H and O–H groups in total. The SMILES string of the molecule is Cc1cc(C)cc(NS(=O)(=O)c2ccc(C(=O)CS)cc2)c1. The number of aryl methyl sites for hydroxylation is 2. The lowest BCUT2D eigenvalue weighted by molar-refractivity contribution is 0.102. The van der Waals surface area contributed by atoms with E-state index in [1.807, 2.05) is 19.9 Å². The Morgan fingerprint density at radius 3 is 2.09 bits per heavy atom. The lowest BCUT2D eigenvalue weighted by Crippen LogP contribution is -2.13. The molecule has 0 aliphatic heterocycles. The van der Waals surface area contributed by atoms with Gasteiger partial charge < -0.3 is 0 Å². The van der Waals surface area contributed by atoms with Crippen molar-refractivity contribution in [2.45, 2.75) is 18.7 Å². The number of ketones is 1. The minimum Gasteiger partial charge on any atom is -0.293 e. The van der Waals surface area contributed by atoms with Crippen LogP contribution in [-0.4, -0.2) is 20.0 Å². The number of carbonyl (C=O) groups excluding carboxylic acids is 1. The summed E-state index contributed by atoms with van der Waals surface area (Å²) in [6, 6.07) is 11.3. The molecule has 2 aromatic rings.